The topological polar surface area (TPSA) is 26.0 Å². The SMILES string of the molecule is CCC12/C=C\C(C)(C)/C=C\C(C)(C1)C(C)=C2[C@@H](C)N. The second kappa shape index (κ2) is 4.34. The minimum absolute atomic E-state index is 0.135. The molecule has 2 unspecified atom stereocenters. The number of allylic oxidation sites excluding steroid dienone is 5. The fourth-order valence-corrected chi connectivity index (χ4v) is 3.95. The highest BCUT2D eigenvalue weighted by Gasteiger charge is 2.48. The molecule has 2 rings (SSSR count). The van der Waals surface area contributed by atoms with Crippen LogP contribution in [0.5, 0.6) is 0 Å². The Labute approximate surface area is 118 Å². The minimum atomic E-state index is 0.135. The summed E-state index contributed by atoms with van der Waals surface area (Å²) in [5, 5.41) is 0. The molecular formula is C18H29N. The summed E-state index contributed by atoms with van der Waals surface area (Å²) < 4.78 is 0. The van der Waals surface area contributed by atoms with Gasteiger partial charge in [0.2, 0.25) is 0 Å². The van der Waals surface area contributed by atoms with E-state index in [9.17, 15) is 0 Å². The van der Waals surface area contributed by atoms with Crippen molar-refractivity contribution < 1.29 is 0 Å². The summed E-state index contributed by atoms with van der Waals surface area (Å²) in [6.45, 7) is 13.6. The summed E-state index contributed by atoms with van der Waals surface area (Å²) in [4.78, 5) is 0. The molecule has 0 amide bonds. The minimum Gasteiger partial charge on any atom is -0.324 e. The summed E-state index contributed by atoms with van der Waals surface area (Å²) in [5.74, 6) is 0. The van der Waals surface area contributed by atoms with Crippen molar-refractivity contribution in [2.45, 2.75) is 60.4 Å². The first kappa shape index (κ1) is 14.6. The van der Waals surface area contributed by atoms with E-state index in [1.165, 1.54) is 17.6 Å². The summed E-state index contributed by atoms with van der Waals surface area (Å²) in [6.07, 6.45) is 11.9. The van der Waals surface area contributed by atoms with Crippen LogP contribution in [0.2, 0.25) is 0 Å². The Morgan fingerprint density at radius 2 is 1.74 bits per heavy atom. The van der Waals surface area contributed by atoms with Crippen LogP contribution < -0.4 is 5.73 Å². The molecule has 2 aliphatic carbocycles. The Hall–Kier alpha value is -0.820. The molecule has 106 valence electrons. The van der Waals surface area contributed by atoms with Crippen LogP contribution in [-0.4, -0.2) is 6.04 Å². The van der Waals surface area contributed by atoms with Gasteiger partial charge in [-0.2, -0.15) is 0 Å². The second-order valence-corrected chi connectivity index (χ2v) is 7.42. The van der Waals surface area contributed by atoms with Gasteiger partial charge in [0.1, 0.15) is 0 Å². The van der Waals surface area contributed by atoms with Gasteiger partial charge in [-0.15, -0.1) is 0 Å². The van der Waals surface area contributed by atoms with Gasteiger partial charge < -0.3 is 5.73 Å². The van der Waals surface area contributed by atoms with E-state index >= 15 is 0 Å². The third-order valence-electron chi connectivity index (χ3n) is 5.28. The highest BCUT2D eigenvalue weighted by molar-refractivity contribution is 5.44. The summed E-state index contributed by atoms with van der Waals surface area (Å²) in [7, 11) is 0. The van der Waals surface area contributed by atoms with Gasteiger partial charge in [-0.05, 0) is 32.3 Å². The Bertz CT molecular complexity index is 464. The lowest BCUT2D eigenvalue weighted by molar-refractivity contribution is 0.330. The van der Waals surface area contributed by atoms with Gasteiger partial charge in [0.15, 0.2) is 0 Å². The normalized spacial score (nSPS) is 41.6. The molecule has 0 aliphatic heterocycles. The standard InChI is InChI=1S/C18H29N/c1-7-18-11-9-16(4,5)8-10-17(6,12-18)13(2)15(18)14(3)19/h8-11,14H,7,12,19H2,1-6H3/b10-8-,11-9-/t14-,17?,18?/m1/s1. The maximum atomic E-state index is 6.32. The highest BCUT2D eigenvalue weighted by Crippen LogP contribution is 2.58. The number of nitrogens with two attached hydrogens (primary N) is 1. The van der Waals surface area contributed by atoms with Crippen LogP contribution in [0.4, 0.5) is 0 Å². The van der Waals surface area contributed by atoms with E-state index in [-0.39, 0.29) is 22.3 Å². The van der Waals surface area contributed by atoms with E-state index in [0.717, 1.165) is 6.42 Å². The molecule has 0 aromatic rings. The lowest BCUT2D eigenvalue weighted by Gasteiger charge is -2.35. The Balaban J connectivity index is 2.66. The number of hydrogen-bond acceptors (Lipinski definition) is 1. The van der Waals surface area contributed by atoms with Crippen molar-refractivity contribution in [2.75, 3.05) is 0 Å². The van der Waals surface area contributed by atoms with Crippen LogP contribution in [0.1, 0.15) is 54.4 Å². The predicted octanol–water partition coefficient (Wildman–Crippen LogP) is 4.61. The average Bonchev–Trinajstić information content (AvgIpc) is 2.55. The fourth-order valence-electron chi connectivity index (χ4n) is 3.95. The predicted molar refractivity (Wildman–Crippen MR) is 83.9 cm³/mol. The molecular weight excluding hydrogens is 230 g/mol. The Morgan fingerprint density at radius 3 is 2.26 bits per heavy atom. The van der Waals surface area contributed by atoms with Gasteiger partial charge in [-0.3, -0.25) is 0 Å². The summed E-state index contributed by atoms with van der Waals surface area (Å²) in [5.41, 5.74) is 9.74. The van der Waals surface area contributed by atoms with Gasteiger partial charge in [0.05, 0.1) is 0 Å². The molecule has 0 heterocycles. The second-order valence-electron chi connectivity index (χ2n) is 7.42. The average molecular weight is 259 g/mol. The van der Waals surface area contributed by atoms with Gasteiger partial charge in [-0.25, -0.2) is 0 Å². The van der Waals surface area contributed by atoms with Crippen molar-refractivity contribution in [3.05, 3.63) is 35.5 Å². The van der Waals surface area contributed by atoms with Crippen LogP contribution in [0.3, 0.4) is 0 Å². The number of rotatable bonds is 2. The molecule has 0 fully saturated rings. The van der Waals surface area contributed by atoms with Crippen molar-refractivity contribution in [3.63, 3.8) is 0 Å². The maximum absolute atomic E-state index is 6.32. The molecule has 2 aliphatic rings. The van der Waals surface area contributed by atoms with Gasteiger partial charge in [0.25, 0.3) is 0 Å². The quantitative estimate of drug-likeness (QED) is 0.720. The van der Waals surface area contributed by atoms with Crippen LogP contribution >= 0.6 is 0 Å². The first-order valence-corrected chi connectivity index (χ1v) is 7.54. The van der Waals surface area contributed by atoms with Crippen molar-refractivity contribution in [2.24, 2.45) is 22.0 Å². The maximum Gasteiger partial charge on any atom is 0.0236 e. The third kappa shape index (κ3) is 2.23. The molecule has 3 atom stereocenters. The van der Waals surface area contributed by atoms with E-state index in [1.54, 1.807) is 0 Å². The molecule has 1 nitrogen and oxygen atoms in total. The largest absolute Gasteiger partial charge is 0.324 e. The zero-order chi connectivity index (χ0) is 14.5. The van der Waals surface area contributed by atoms with Gasteiger partial charge >= 0.3 is 0 Å². The Morgan fingerprint density at radius 1 is 1.16 bits per heavy atom. The molecule has 0 saturated carbocycles. The Kier molecular flexibility index (Phi) is 3.33. The van der Waals surface area contributed by atoms with Crippen molar-refractivity contribution in [3.8, 4) is 0 Å². The molecule has 19 heavy (non-hydrogen) atoms. The van der Waals surface area contributed by atoms with Crippen molar-refractivity contribution in [1.82, 2.24) is 0 Å². The van der Waals surface area contributed by atoms with Crippen LogP contribution in [0, 0.1) is 16.2 Å². The smallest absolute Gasteiger partial charge is 0.0236 e. The van der Waals surface area contributed by atoms with Crippen LogP contribution in [0.15, 0.2) is 35.5 Å². The third-order valence-corrected chi connectivity index (χ3v) is 5.28. The lowest BCUT2D eigenvalue weighted by atomic mass is 9.69. The summed E-state index contributed by atoms with van der Waals surface area (Å²) >= 11 is 0. The molecule has 0 saturated heterocycles. The number of hydrogen-bond donors (Lipinski definition) is 1. The van der Waals surface area contributed by atoms with Crippen LogP contribution in [0.25, 0.3) is 0 Å². The van der Waals surface area contributed by atoms with E-state index in [1.807, 2.05) is 0 Å². The zero-order valence-corrected chi connectivity index (χ0v) is 13.4. The van der Waals surface area contributed by atoms with Gasteiger partial charge in [-0.1, -0.05) is 57.6 Å². The lowest BCUT2D eigenvalue weighted by Crippen LogP contribution is -2.30. The molecule has 2 bridgehead atoms. The van der Waals surface area contributed by atoms with Crippen molar-refractivity contribution in [1.29, 1.82) is 0 Å². The van der Waals surface area contributed by atoms with Crippen LogP contribution in [-0.2, 0) is 0 Å². The summed E-state index contributed by atoms with van der Waals surface area (Å²) in [6, 6.07) is 0.140. The fraction of sp³-hybridized carbons (Fsp3) is 0.667. The number of fused-ring (bicyclic) bond motifs is 2. The highest BCUT2D eigenvalue weighted by atomic mass is 14.7. The molecule has 0 radical (unpaired) electrons. The molecule has 1 heteroatoms. The monoisotopic (exact) mass is 259 g/mol. The van der Waals surface area contributed by atoms with Gasteiger partial charge in [0, 0.05) is 22.3 Å². The first-order valence-electron chi connectivity index (χ1n) is 7.54. The molecule has 0 aromatic carbocycles. The van der Waals surface area contributed by atoms with E-state index in [0.29, 0.717) is 0 Å². The zero-order valence-electron chi connectivity index (χ0n) is 13.4. The first-order chi connectivity index (χ1) is 8.66. The van der Waals surface area contributed by atoms with E-state index in [2.05, 4.69) is 65.8 Å². The molecule has 0 spiro atoms. The molecule has 0 aromatic heterocycles. The van der Waals surface area contributed by atoms with E-state index < -0.39 is 0 Å². The van der Waals surface area contributed by atoms with E-state index in [4.69, 9.17) is 5.73 Å². The molecule has 2 N–H and O–H groups in total. The van der Waals surface area contributed by atoms with Crippen molar-refractivity contribution >= 4 is 0 Å².